The molecular weight excluding hydrogens is 239 g/mol. The minimum Gasteiger partial charge on any atom is -0.298 e. The number of carbonyl (C=O) groups is 1. The fraction of sp³-hybridized carbons (Fsp3) is 0.0714. The molecule has 0 heterocycles. The Morgan fingerprint density at radius 2 is 1.88 bits per heavy atom. The zero-order valence-corrected chi connectivity index (χ0v) is 9.96. The highest BCUT2D eigenvalue weighted by molar-refractivity contribution is 6.33. The van der Waals surface area contributed by atoms with Gasteiger partial charge in [-0.15, -0.1) is 0 Å². The van der Waals surface area contributed by atoms with Crippen molar-refractivity contribution in [1.29, 1.82) is 0 Å². The quantitative estimate of drug-likeness (QED) is 0.726. The lowest BCUT2D eigenvalue weighted by Crippen LogP contribution is -1.90. The molecule has 0 saturated heterocycles. The number of rotatable bonds is 2. The Kier molecular flexibility index (Phi) is 3.25. The van der Waals surface area contributed by atoms with E-state index in [1.807, 2.05) is 13.0 Å². The van der Waals surface area contributed by atoms with Crippen LogP contribution >= 0.6 is 11.6 Å². The second-order valence-corrected chi connectivity index (χ2v) is 4.24. The summed E-state index contributed by atoms with van der Waals surface area (Å²) in [6.07, 6.45) is 0.754. The largest absolute Gasteiger partial charge is 0.298 e. The summed E-state index contributed by atoms with van der Waals surface area (Å²) in [7, 11) is 0. The molecular formula is C14H10ClFO. The molecule has 0 aliphatic heterocycles. The average Bonchev–Trinajstić information content (AvgIpc) is 2.32. The van der Waals surface area contributed by atoms with Crippen LogP contribution in [0.25, 0.3) is 11.1 Å². The molecule has 0 fully saturated rings. The molecule has 0 spiro atoms. The molecule has 0 unspecified atom stereocenters. The summed E-state index contributed by atoms with van der Waals surface area (Å²) in [5, 5.41) is 0.429. The summed E-state index contributed by atoms with van der Waals surface area (Å²) in [6, 6.07) is 9.51. The van der Waals surface area contributed by atoms with Crippen LogP contribution in [-0.2, 0) is 0 Å². The molecule has 0 bridgehead atoms. The monoisotopic (exact) mass is 248 g/mol. The lowest BCUT2D eigenvalue weighted by Gasteiger charge is -2.08. The predicted octanol–water partition coefficient (Wildman–Crippen LogP) is 4.27. The molecule has 0 saturated carbocycles. The summed E-state index contributed by atoms with van der Waals surface area (Å²) in [5.41, 5.74) is 2.67. The SMILES string of the molecule is Cc1ccc(-c2cc(F)ccc2Cl)c(C=O)c1. The first-order valence-electron chi connectivity index (χ1n) is 5.13. The van der Waals surface area contributed by atoms with Gasteiger partial charge in [0.05, 0.1) is 0 Å². The maximum absolute atomic E-state index is 13.2. The van der Waals surface area contributed by atoms with Crippen LogP contribution in [0, 0.1) is 12.7 Å². The van der Waals surface area contributed by atoms with E-state index in [1.165, 1.54) is 18.2 Å². The Morgan fingerprint density at radius 1 is 1.12 bits per heavy atom. The van der Waals surface area contributed by atoms with Gasteiger partial charge in [0, 0.05) is 16.1 Å². The van der Waals surface area contributed by atoms with Crippen molar-refractivity contribution in [3.63, 3.8) is 0 Å². The molecule has 17 heavy (non-hydrogen) atoms. The summed E-state index contributed by atoms with van der Waals surface area (Å²) in [5.74, 6) is -0.373. The van der Waals surface area contributed by atoms with Gasteiger partial charge in [0.15, 0.2) is 6.29 Å². The van der Waals surface area contributed by atoms with Gasteiger partial charge in [-0.25, -0.2) is 4.39 Å². The molecule has 0 radical (unpaired) electrons. The maximum Gasteiger partial charge on any atom is 0.150 e. The number of carbonyl (C=O) groups excluding carboxylic acids is 1. The van der Waals surface area contributed by atoms with Crippen LogP contribution in [0.5, 0.6) is 0 Å². The number of aryl methyl sites for hydroxylation is 1. The summed E-state index contributed by atoms with van der Waals surface area (Å²) < 4.78 is 13.2. The minimum absolute atomic E-state index is 0.373. The Bertz CT molecular complexity index is 578. The Balaban J connectivity index is 2.67. The normalized spacial score (nSPS) is 10.3. The number of benzene rings is 2. The van der Waals surface area contributed by atoms with Crippen LogP contribution < -0.4 is 0 Å². The van der Waals surface area contributed by atoms with Gasteiger partial charge in [0.2, 0.25) is 0 Å². The smallest absolute Gasteiger partial charge is 0.150 e. The van der Waals surface area contributed by atoms with E-state index in [1.54, 1.807) is 12.1 Å². The third kappa shape index (κ3) is 2.37. The van der Waals surface area contributed by atoms with E-state index in [-0.39, 0.29) is 5.82 Å². The van der Waals surface area contributed by atoms with E-state index < -0.39 is 0 Å². The maximum atomic E-state index is 13.2. The molecule has 86 valence electrons. The van der Waals surface area contributed by atoms with Crippen LogP contribution in [0.3, 0.4) is 0 Å². The van der Waals surface area contributed by atoms with Crippen molar-refractivity contribution in [3.05, 3.63) is 58.4 Å². The van der Waals surface area contributed by atoms with Crippen molar-refractivity contribution >= 4 is 17.9 Å². The average molecular weight is 249 g/mol. The molecule has 0 aliphatic rings. The van der Waals surface area contributed by atoms with E-state index in [4.69, 9.17) is 11.6 Å². The first kappa shape index (κ1) is 11.8. The van der Waals surface area contributed by atoms with Gasteiger partial charge in [-0.2, -0.15) is 0 Å². The van der Waals surface area contributed by atoms with Gasteiger partial charge in [0.25, 0.3) is 0 Å². The lowest BCUT2D eigenvalue weighted by molar-refractivity contribution is 0.112. The van der Waals surface area contributed by atoms with Gasteiger partial charge in [0.1, 0.15) is 5.82 Å². The van der Waals surface area contributed by atoms with E-state index in [0.717, 1.165) is 11.8 Å². The highest BCUT2D eigenvalue weighted by atomic mass is 35.5. The van der Waals surface area contributed by atoms with Gasteiger partial charge in [-0.1, -0.05) is 29.3 Å². The third-order valence-corrected chi connectivity index (χ3v) is 2.88. The van der Waals surface area contributed by atoms with E-state index in [2.05, 4.69) is 0 Å². The molecule has 1 nitrogen and oxygen atoms in total. The Labute approximate surface area is 104 Å². The molecule has 2 rings (SSSR count). The molecule has 2 aromatic rings. The van der Waals surface area contributed by atoms with Crippen molar-refractivity contribution in [3.8, 4) is 11.1 Å². The highest BCUT2D eigenvalue weighted by Gasteiger charge is 2.09. The first-order chi connectivity index (χ1) is 8.11. The van der Waals surface area contributed by atoms with Gasteiger partial charge in [-0.3, -0.25) is 4.79 Å². The second-order valence-electron chi connectivity index (χ2n) is 3.83. The zero-order chi connectivity index (χ0) is 12.4. The molecule has 0 N–H and O–H groups in total. The van der Waals surface area contributed by atoms with Gasteiger partial charge in [-0.05, 0) is 36.8 Å². The summed E-state index contributed by atoms with van der Waals surface area (Å²) in [6.45, 7) is 1.89. The third-order valence-electron chi connectivity index (χ3n) is 2.55. The number of halogens is 2. The number of hydrogen-bond donors (Lipinski definition) is 0. The van der Waals surface area contributed by atoms with Crippen molar-refractivity contribution < 1.29 is 9.18 Å². The molecule has 0 amide bonds. The van der Waals surface area contributed by atoms with E-state index >= 15 is 0 Å². The molecule has 0 atom stereocenters. The molecule has 0 aliphatic carbocycles. The highest BCUT2D eigenvalue weighted by Crippen LogP contribution is 2.31. The fourth-order valence-corrected chi connectivity index (χ4v) is 1.95. The Hall–Kier alpha value is -1.67. The van der Waals surface area contributed by atoms with Crippen LogP contribution in [0.1, 0.15) is 15.9 Å². The van der Waals surface area contributed by atoms with Gasteiger partial charge >= 0.3 is 0 Å². The topological polar surface area (TPSA) is 17.1 Å². The van der Waals surface area contributed by atoms with E-state index in [0.29, 0.717) is 21.7 Å². The van der Waals surface area contributed by atoms with Crippen LogP contribution in [0.2, 0.25) is 5.02 Å². The van der Waals surface area contributed by atoms with Crippen molar-refractivity contribution in [2.75, 3.05) is 0 Å². The first-order valence-corrected chi connectivity index (χ1v) is 5.51. The van der Waals surface area contributed by atoms with Crippen molar-refractivity contribution in [2.45, 2.75) is 6.92 Å². The van der Waals surface area contributed by atoms with E-state index in [9.17, 15) is 9.18 Å². The number of hydrogen-bond acceptors (Lipinski definition) is 1. The number of aldehydes is 1. The van der Waals surface area contributed by atoms with Crippen LogP contribution in [-0.4, -0.2) is 6.29 Å². The fourth-order valence-electron chi connectivity index (χ4n) is 1.73. The molecule has 2 aromatic carbocycles. The lowest BCUT2D eigenvalue weighted by atomic mass is 9.98. The van der Waals surface area contributed by atoms with Crippen LogP contribution in [0.15, 0.2) is 36.4 Å². The Morgan fingerprint density at radius 3 is 2.59 bits per heavy atom. The van der Waals surface area contributed by atoms with Gasteiger partial charge < -0.3 is 0 Å². The van der Waals surface area contributed by atoms with Crippen molar-refractivity contribution in [1.82, 2.24) is 0 Å². The van der Waals surface area contributed by atoms with Crippen LogP contribution in [0.4, 0.5) is 4.39 Å². The summed E-state index contributed by atoms with van der Waals surface area (Å²) in [4.78, 5) is 11.0. The van der Waals surface area contributed by atoms with Crippen molar-refractivity contribution in [2.24, 2.45) is 0 Å². The summed E-state index contributed by atoms with van der Waals surface area (Å²) >= 11 is 6.02. The standard InChI is InChI=1S/C14H10ClFO/c1-9-2-4-12(10(6-9)8-17)13-7-11(16)3-5-14(13)15/h2-8H,1H3. The minimum atomic E-state index is -0.373. The predicted molar refractivity (Wildman–Crippen MR) is 67.0 cm³/mol. The molecule has 3 heteroatoms. The molecule has 0 aromatic heterocycles. The zero-order valence-electron chi connectivity index (χ0n) is 9.21. The second kappa shape index (κ2) is 4.68.